The van der Waals surface area contributed by atoms with E-state index in [1.165, 1.54) is 19.3 Å². The van der Waals surface area contributed by atoms with E-state index in [1.807, 2.05) is 0 Å². The molecule has 2 fully saturated rings. The predicted octanol–water partition coefficient (Wildman–Crippen LogP) is 2.79. The third-order valence-electron chi connectivity index (χ3n) is 4.01. The molecule has 0 amide bonds. The van der Waals surface area contributed by atoms with Gasteiger partial charge in [-0.3, -0.25) is 4.79 Å². The monoisotopic (exact) mass is 166 g/mol. The highest BCUT2D eigenvalue weighted by Crippen LogP contribution is 2.52. The Morgan fingerprint density at radius 3 is 2.83 bits per heavy atom. The fourth-order valence-corrected chi connectivity index (χ4v) is 3.37. The summed E-state index contributed by atoms with van der Waals surface area (Å²) in [5, 5.41) is 0. The van der Waals surface area contributed by atoms with Crippen molar-refractivity contribution in [2.75, 3.05) is 0 Å². The second-order valence-electron chi connectivity index (χ2n) is 4.97. The number of carbonyl (C=O) groups is 1. The van der Waals surface area contributed by atoms with Crippen molar-refractivity contribution in [3.63, 3.8) is 0 Å². The van der Waals surface area contributed by atoms with Crippen molar-refractivity contribution in [3.8, 4) is 0 Å². The van der Waals surface area contributed by atoms with E-state index in [2.05, 4.69) is 13.8 Å². The largest absolute Gasteiger partial charge is 0.299 e. The van der Waals surface area contributed by atoms with Crippen LogP contribution in [0.5, 0.6) is 0 Å². The highest BCUT2D eigenvalue weighted by atomic mass is 16.1. The molecule has 2 saturated carbocycles. The normalized spacial score (nSPS) is 47.7. The lowest BCUT2D eigenvalue weighted by atomic mass is 9.67. The zero-order valence-corrected chi connectivity index (χ0v) is 8.10. The second-order valence-corrected chi connectivity index (χ2v) is 4.97. The van der Waals surface area contributed by atoms with E-state index >= 15 is 0 Å². The molecule has 68 valence electrons. The molecule has 0 saturated heterocycles. The third-order valence-corrected chi connectivity index (χ3v) is 4.01. The van der Waals surface area contributed by atoms with Crippen LogP contribution in [0.25, 0.3) is 0 Å². The van der Waals surface area contributed by atoms with E-state index in [0.29, 0.717) is 23.0 Å². The van der Waals surface area contributed by atoms with Crippen LogP contribution >= 0.6 is 0 Å². The fourth-order valence-electron chi connectivity index (χ4n) is 3.37. The van der Waals surface area contributed by atoms with Crippen LogP contribution in [-0.4, -0.2) is 5.78 Å². The van der Waals surface area contributed by atoms with Crippen molar-refractivity contribution in [2.24, 2.45) is 17.3 Å². The van der Waals surface area contributed by atoms with Gasteiger partial charge in [-0.2, -0.15) is 0 Å². The molecule has 2 rings (SSSR count). The van der Waals surface area contributed by atoms with Crippen molar-refractivity contribution in [1.82, 2.24) is 0 Å². The lowest BCUT2D eigenvalue weighted by molar-refractivity contribution is -0.130. The molecule has 0 bridgehead atoms. The molecule has 1 heteroatoms. The van der Waals surface area contributed by atoms with E-state index in [0.717, 1.165) is 12.8 Å². The maximum atomic E-state index is 11.7. The average molecular weight is 166 g/mol. The number of carbonyl (C=O) groups excluding carboxylic acids is 1. The number of fused-ring (bicyclic) bond motifs is 1. The summed E-state index contributed by atoms with van der Waals surface area (Å²) >= 11 is 0. The topological polar surface area (TPSA) is 17.1 Å². The first-order chi connectivity index (χ1) is 5.63. The molecule has 12 heavy (non-hydrogen) atoms. The van der Waals surface area contributed by atoms with E-state index < -0.39 is 0 Å². The molecule has 0 aromatic carbocycles. The molecule has 0 aromatic heterocycles. The summed E-state index contributed by atoms with van der Waals surface area (Å²) in [6.07, 6.45) is 5.83. The highest BCUT2D eigenvalue weighted by molar-refractivity contribution is 5.83. The van der Waals surface area contributed by atoms with Gasteiger partial charge in [0.15, 0.2) is 0 Å². The first-order valence-electron chi connectivity index (χ1n) is 5.16. The Balaban J connectivity index is 2.26. The van der Waals surface area contributed by atoms with E-state index in [4.69, 9.17) is 0 Å². The predicted molar refractivity (Wildman–Crippen MR) is 48.9 cm³/mol. The second kappa shape index (κ2) is 2.58. The Bertz CT molecular complexity index is 205. The molecule has 0 radical (unpaired) electrons. The van der Waals surface area contributed by atoms with Crippen molar-refractivity contribution in [3.05, 3.63) is 0 Å². The first-order valence-corrected chi connectivity index (χ1v) is 5.16. The fraction of sp³-hybridized carbons (Fsp3) is 0.909. The zero-order chi connectivity index (χ0) is 8.77. The summed E-state index contributed by atoms with van der Waals surface area (Å²) in [5.41, 5.74) is 0.384. The molecule has 2 aliphatic carbocycles. The summed E-state index contributed by atoms with van der Waals surface area (Å²) in [4.78, 5) is 11.7. The number of hydrogen-bond donors (Lipinski definition) is 0. The summed E-state index contributed by atoms with van der Waals surface area (Å²) in [6.45, 7) is 4.57. The Morgan fingerprint density at radius 2 is 2.17 bits per heavy atom. The highest BCUT2D eigenvalue weighted by Gasteiger charge is 2.48. The molecular formula is C11H18O. The maximum absolute atomic E-state index is 11.7. The van der Waals surface area contributed by atoms with Crippen LogP contribution in [0.3, 0.4) is 0 Å². The number of rotatable bonds is 0. The molecule has 0 N–H and O–H groups in total. The van der Waals surface area contributed by atoms with Crippen LogP contribution in [-0.2, 0) is 4.79 Å². The van der Waals surface area contributed by atoms with Crippen molar-refractivity contribution in [2.45, 2.75) is 46.0 Å². The summed E-state index contributed by atoms with van der Waals surface area (Å²) in [5.74, 6) is 1.61. The van der Waals surface area contributed by atoms with Gasteiger partial charge in [0.1, 0.15) is 5.78 Å². The lowest BCUT2D eigenvalue weighted by Crippen LogP contribution is -2.35. The van der Waals surface area contributed by atoms with Crippen molar-refractivity contribution < 1.29 is 4.79 Å². The van der Waals surface area contributed by atoms with Gasteiger partial charge in [-0.15, -0.1) is 0 Å². The number of hydrogen-bond acceptors (Lipinski definition) is 1. The quantitative estimate of drug-likeness (QED) is 0.541. The van der Waals surface area contributed by atoms with E-state index in [1.54, 1.807) is 0 Å². The Labute approximate surface area is 74.5 Å². The van der Waals surface area contributed by atoms with Gasteiger partial charge in [-0.1, -0.05) is 13.8 Å². The summed E-state index contributed by atoms with van der Waals surface area (Å²) in [6, 6.07) is 0. The molecule has 0 aromatic rings. The van der Waals surface area contributed by atoms with Gasteiger partial charge < -0.3 is 0 Å². The van der Waals surface area contributed by atoms with Crippen LogP contribution in [0.1, 0.15) is 46.0 Å². The number of ketones is 1. The zero-order valence-electron chi connectivity index (χ0n) is 8.10. The van der Waals surface area contributed by atoms with Gasteiger partial charge >= 0.3 is 0 Å². The molecule has 1 nitrogen and oxygen atoms in total. The molecular weight excluding hydrogens is 148 g/mol. The van der Waals surface area contributed by atoms with Gasteiger partial charge in [0.2, 0.25) is 0 Å². The van der Waals surface area contributed by atoms with E-state index in [9.17, 15) is 4.79 Å². The average Bonchev–Trinajstić information content (AvgIpc) is 2.29. The lowest BCUT2D eigenvalue weighted by Gasteiger charge is -2.36. The van der Waals surface area contributed by atoms with Crippen LogP contribution in [0.4, 0.5) is 0 Å². The molecule has 3 atom stereocenters. The standard InChI is InChI=1S/C11H18O/c1-8-5-7-11(2)6-3-4-9(12)10(8)11/h8,10H,3-7H2,1-2H3/t8-,10+,11+/m1/s1. The van der Waals surface area contributed by atoms with Crippen molar-refractivity contribution in [1.29, 1.82) is 0 Å². The smallest absolute Gasteiger partial charge is 0.136 e. The Morgan fingerprint density at radius 1 is 1.42 bits per heavy atom. The molecule has 0 spiro atoms. The van der Waals surface area contributed by atoms with Gasteiger partial charge in [0, 0.05) is 12.3 Å². The molecule has 0 aliphatic heterocycles. The Kier molecular flexibility index (Phi) is 1.78. The van der Waals surface area contributed by atoms with Crippen molar-refractivity contribution >= 4 is 5.78 Å². The Hall–Kier alpha value is -0.330. The molecule has 0 unspecified atom stereocenters. The number of Topliss-reactive ketones (excluding diaryl/α,β-unsaturated/α-hetero) is 1. The van der Waals surface area contributed by atoms with Gasteiger partial charge in [0.25, 0.3) is 0 Å². The van der Waals surface area contributed by atoms with Crippen LogP contribution in [0.2, 0.25) is 0 Å². The summed E-state index contributed by atoms with van der Waals surface area (Å²) in [7, 11) is 0. The first kappa shape index (κ1) is 8.28. The minimum Gasteiger partial charge on any atom is -0.299 e. The van der Waals surface area contributed by atoms with Gasteiger partial charge in [-0.25, -0.2) is 0 Å². The third kappa shape index (κ3) is 1.02. The maximum Gasteiger partial charge on any atom is 0.136 e. The molecule has 0 heterocycles. The summed E-state index contributed by atoms with van der Waals surface area (Å²) < 4.78 is 0. The minimum atomic E-state index is 0.384. The molecule has 2 aliphatic rings. The minimum absolute atomic E-state index is 0.384. The van der Waals surface area contributed by atoms with Crippen LogP contribution in [0, 0.1) is 17.3 Å². The van der Waals surface area contributed by atoms with Crippen LogP contribution in [0.15, 0.2) is 0 Å². The SMILES string of the molecule is C[C@@H]1CC[C@]2(C)CCCC(=O)[C@H]12. The van der Waals surface area contributed by atoms with Gasteiger partial charge in [-0.05, 0) is 37.0 Å². The van der Waals surface area contributed by atoms with E-state index in [-0.39, 0.29) is 0 Å². The van der Waals surface area contributed by atoms with Crippen LogP contribution < -0.4 is 0 Å². The van der Waals surface area contributed by atoms with Gasteiger partial charge in [0.05, 0.1) is 0 Å².